The number of nitrogens with two attached hydrogens (primary N) is 1. The van der Waals surface area contributed by atoms with Crippen LogP contribution in [0.5, 0.6) is 11.5 Å². The van der Waals surface area contributed by atoms with E-state index in [1.165, 1.54) is 0 Å². The van der Waals surface area contributed by atoms with Crippen molar-refractivity contribution >= 4 is 11.6 Å². The normalized spacial score (nSPS) is 15.2. The summed E-state index contributed by atoms with van der Waals surface area (Å²) in [5.41, 5.74) is 8.10. The zero-order valence-electron chi connectivity index (χ0n) is 9.55. The van der Waals surface area contributed by atoms with E-state index in [0.717, 1.165) is 29.7 Å². The van der Waals surface area contributed by atoms with Crippen LogP contribution < -0.4 is 15.2 Å². The van der Waals surface area contributed by atoms with Gasteiger partial charge in [0.1, 0.15) is 0 Å². The summed E-state index contributed by atoms with van der Waals surface area (Å²) >= 11 is 6.30. The van der Waals surface area contributed by atoms with Crippen molar-refractivity contribution < 1.29 is 9.47 Å². The van der Waals surface area contributed by atoms with E-state index in [4.69, 9.17) is 26.8 Å². The zero-order chi connectivity index (χ0) is 11.7. The molecule has 0 saturated heterocycles. The highest BCUT2D eigenvalue weighted by Crippen LogP contribution is 2.43. The predicted octanol–water partition coefficient (Wildman–Crippen LogP) is 2.52. The minimum Gasteiger partial charge on any atom is -0.454 e. The van der Waals surface area contributed by atoms with Crippen LogP contribution in [0.15, 0.2) is 6.07 Å². The molecule has 4 heteroatoms. The van der Waals surface area contributed by atoms with Gasteiger partial charge in [0.2, 0.25) is 6.79 Å². The molecule has 1 aromatic carbocycles. The second kappa shape index (κ2) is 4.52. The van der Waals surface area contributed by atoms with Gasteiger partial charge in [-0.15, -0.1) is 0 Å². The first kappa shape index (κ1) is 11.6. The quantitative estimate of drug-likeness (QED) is 0.885. The molecular formula is C12H16ClNO2. The van der Waals surface area contributed by atoms with Crippen molar-refractivity contribution in [2.75, 3.05) is 6.79 Å². The maximum atomic E-state index is 6.30. The van der Waals surface area contributed by atoms with Gasteiger partial charge >= 0.3 is 0 Å². The molecule has 1 aliphatic heterocycles. The van der Waals surface area contributed by atoms with Gasteiger partial charge in [-0.25, -0.2) is 0 Å². The van der Waals surface area contributed by atoms with E-state index in [2.05, 4.69) is 6.92 Å². The molecule has 1 atom stereocenters. The average molecular weight is 242 g/mol. The molecule has 2 rings (SSSR count). The Hall–Kier alpha value is -0.930. The zero-order valence-corrected chi connectivity index (χ0v) is 10.3. The molecule has 0 aromatic heterocycles. The average Bonchev–Trinajstić information content (AvgIpc) is 2.65. The van der Waals surface area contributed by atoms with Crippen molar-refractivity contribution in [1.82, 2.24) is 0 Å². The number of halogens is 1. The lowest BCUT2D eigenvalue weighted by molar-refractivity contribution is 0.174. The smallest absolute Gasteiger partial charge is 0.231 e. The first-order valence-electron chi connectivity index (χ1n) is 5.49. The molecule has 3 nitrogen and oxygen atoms in total. The molecular weight excluding hydrogens is 226 g/mol. The Balaban J connectivity index is 2.48. The Kier molecular flexibility index (Phi) is 3.26. The summed E-state index contributed by atoms with van der Waals surface area (Å²) in [7, 11) is 0. The molecule has 16 heavy (non-hydrogen) atoms. The summed E-state index contributed by atoms with van der Waals surface area (Å²) in [5, 5.41) is 0.674. The lowest BCUT2D eigenvalue weighted by atomic mass is 9.98. The molecule has 88 valence electrons. The Morgan fingerprint density at radius 1 is 1.50 bits per heavy atom. The summed E-state index contributed by atoms with van der Waals surface area (Å²) in [6, 6.07) is 2.11. The fourth-order valence-electron chi connectivity index (χ4n) is 2.00. The summed E-state index contributed by atoms with van der Waals surface area (Å²) in [4.78, 5) is 0. The van der Waals surface area contributed by atoms with Crippen LogP contribution in [-0.4, -0.2) is 12.8 Å². The molecule has 2 N–H and O–H groups in total. The van der Waals surface area contributed by atoms with Crippen LogP contribution >= 0.6 is 11.6 Å². The van der Waals surface area contributed by atoms with E-state index in [0.29, 0.717) is 10.8 Å². The number of benzene rings is 1. The minimum atomic E-state index is 0.113. The van der Waals surface area contributed by atoms with E-state index in [-0.39, 0.29) is 12.8 Å². The summed E-state index contributed by atoms with van der Waals surface area (Å²) in [6.45, 7) is 4.31. The van der Waals surface area contributed by atoms with Gasteiger partial charge in [-0.1, -0.05) is 18.5 Å². The van der Waals surface area contributed by atoms with Crippen LogP contribution in [0, 0.1) is 0 Å². The third kappa shape index (κ3) is 1.97. The van der Waals surface area contributed by atoms with E-state index in [1.54, 1.807) is 0 Å². The molecule has 0 fully saturated rings. The summed E-state index contributed by atoms with van der Waals surface area (Å²) in [5.74, 6) is 1.41. The van der Waals surface area contributed by atoms with Gasteiger partial charge < -0.3 is 15.2 Å². The fraction of sp³-hybridized carbons (Fsp3) is 0.500. The standard InChI is InChI=1S/C12H16ClNO2/c1-3-9-8(4-7(2)14)5-10-12(11(9)13)16-6-15-10/h5,7H,3-4,6,14H2,1-2H3. The molecule has 0 amide bonds. The molecule has 1 heterocycles. The van der Waals surface area contributed by atoms with Crippen molar-refractivity contribution in [2.24, 2.45) is 5.73 Å². The molecule has 1 aliphatic rings. The van der Waals surface area contributed by atoms with E-state index in [1.807, 2.05) is 13.0 Å². The second-order valence-corrected chi connectivity index (χ2v) is 4.47. The maximum absolute atomic E-state index is 6.30. The number of hydrogen-bond acceptors (Lipinski definition) is 3. The topological polar surface area (TPSA) is 44.5 Å². The van der Waals surface area contributed by atoms with Crippen LogP contribution in [0.2, 0.25) is 5.02 Å². The Morgan fingerprint density at radius 3 is 2.88 bits per heavy atom. The molecule has 0 spiro atoms. The molecule has 0 radical (unpaired) electrons. The van der Waals surface area contributed by atoms with Gasteiger partial charge in [0.05, 0.1) is 5.02 Å². The molecule has 0 aliphatic carbocycles. The van der Waals surface area contributed by atoms with Crippen LogP contribution in [-0.2, 0) is 12.8 Å². The van der Waals surface area contributed by atoms with Crippen LogP contribution in [0.3, 0.4) is 0 Å². The number of ether oxygens (including phenoxy) is 2. The third-order valence-electron chi connectivity index (χ3n) is 2.69. The Morgan fingerprint density at radius 2 is 2.25 bits per heavy atom. The van der Waals surface area contributed by atoms with Gasteiger partial charge in [-0.05, 0) is 37.0 Å². The minimum absolute atomic E-state index is 0.113. The first-order chi connectivity index (χ1) is 7.63. The van der Waals surface area contributed by atoms with Crippen molar-refractivity contribution in [3.8, 4) is 11.5 Å². The highest BCUT2D eigenvalue weighted by molar-refractivity contribution is 6.33. The summed E-state index contributed by atoms with van der Waals surface area (Å²) in [6.07, 6.45) is 1.68. The van der Waals surface area contributed by atoms with Crippen molar-refractivity contribution in [2.45, 2.75) is 32.7 Å². The number of fused-ring (bicyclic) bond motifs is 1. The van der Waals surface area contributed by atoms with Crippen molar-refractivity contribution in [3.05, 3.63) is 22.2 Å². The highest BCUT2D eigenvalue weighted by Gasteiger charge is 2.22. The molecule has 1 unspecified atom stereocenters. The van der Waals surface area contributed by atoms with Gasteiger partial charge in [0, 0.05) is 6.04 Å². The number of hydrogen-bond donors (Lipinski definition) is 1. The second-order valence-electron chi connectivity index (χ2n) is 4.10. The van der Waals surface area contributed by atoms with Crippen LogP contribution in [0.1, 0.15) is 25.0 Å². The Labute approximate surface area is 100 Å². The van der Waals surface area contributed by atoms with Crippen molar-refractivity contribution in [3.63, 3.8) is 0 Å². The van der Waals surface area contributed by atoms with Gasteiger partial charge in [-0.2, -0.15) is 0 Å². The van der Waals surface area contributed by atoms with Crippen LogP contribution in [0.25, 0.3) is 0 Å². The monoisotopic (exact) mass is 241 g/mol. The largest absolute Gasteiger partial charge is 0.454 e. The van der Waals surface area contributed by atoms with E-state index >= 15 is 0 Å². The Bertz CT molecular complexity index is 404. The van der Waals surface area contributed by atoms with E-state index < -0.39 is 0 Å². The van der Waals surface area contributed by atoms with Gasteiger partial charge in [0.25, 0.3) is 0 Å². The maximum Gasteiger partial charge on any atom is 0.231 e. The van der Waals surface area contributed by atoms with Gasteiger partial charge in [-0.3, -0.25) is 0 Å². The molecule has 0 bridgehead atoms. The predicted molar refractivity (Wildman–Crippen MR) is 64.3 cm³/mol. The molecule has 0 saturated carbocycles. The van der Waals surface area contributed by atoms with Crippen molar-refractivity contribution in [1.29, 1.82) is 0 Å². The lowest BCUT2D eigenvalue weighted by Gasteiger charge is -2.13. The first-order valence-corrected chi connectivity index (χ1v) is 5.86. The highest BCUT2D eigenvalue weighted by atomic mass is 35.5. The summed E-state index contributed by atoms with van der Waals surface area (Å²) < 4.78 is 10.7. The number of rotatable bonds is 3. The van der Waals surface area contributed by atoms with E-state index in [9.17, 15) is 0 Å². The molecule has 1 aromatic rings. The third-order valence-corrected chi connectivity index (χ3v) is 3.09. The van der Waals surface area contributed by atoms with Gasteiger partial charge in [0.15, 0.2) is 11.5 Å². The SMILES string of the molecule is CCc1c(CC(C)N)cc2c(c1Cl)OCO2. The van der Waals surface area contributed by atoms with Crippen LogP contribution in [0.4, 0.5) is 0 Å². The lowest BCUT2D eigenvalue weighted by Crippen LogP contribution is -2.18. The fourth-order valence-corrected chi connectivity index (χ4v) is 2.40.